The van der Waals surface area contributed by atoms with Crippen LogP contribution in [0.15, 0.2) is 41.4 Å². The third kappa shape index (κ3) is 8.11. The van der Waals surface area contributed by atoms with Gasteiger partial charge in [-0.1, -0.05) is 12.2 Å². The number of nitrogens with one attached hydrogen (secondary N) is 1. The second kappa shape index (κ2) is 9.54. The summed E-state index contributed by atoms with van der Waals surface area (Å²) in [4.78, 5) is 4.01. The number of ether oxygens (including phenoxy) is 1. The molecule has 0 aliphatic heterocycles. The molecule has 0 saturated carbocycles. The van der Waals surface area contributed by atoms with Crippen molar-refractivity contribution in [2.24, 2.45) is 10.7 Å². The molecule has 0 aliphatic carbocycles. The largest absolute Gasteiger partial charge is 0.492 e. The Morgan fingerprint density at radius 1 is 1.32 bits per heavy atom. The summed E-state index contributed by atoms with van der Waals surface area (Å²) in [6.07, 6.45) is -4.34. The Bertz CT molecular complexity index is 501. The first-order valence-electron chi connectivity index (χ1n) is 6.27. The van der Waals surface area contributed by atoms with Gasteiger partial charge in [-0.2, -0.15) is 13.2 Å². The van der Waals surface area contributed by atoms with Crippen molar-refractivity contribution in [2.75, 3.05) is 19.7 Å². The zero-order valence-corrected chi connectivity index (χ0v) is 14.4. The summed E-state index contributed by atoms with van der Waals surface area (Å²) in [5.74, 6) is 0.635. The van der Waals surface area contributed by atoms with Gasteiger partial charge < -0.3 is 15.8 Å². The third-order valence-corrected chi connectivity index (χ3v) is 2.38. The maximum Gasteiger partial charge on any atom is 0.416 e. The van der Waals surface area contributed by atoms with Crippen LogP contribution in [0.4, 0.5) is 13.2 Å². The van der Waals surface area contributed by atoms with Crippen LogP contribution in [0.5, 0.6) is 5.75 Å². The molecule has 1 aromatic rings. The molecule has 124 valence electrons. The van der Waals surface area contributed by atoms with Crippen molar-refractivity contribution in [1.82, 2.24) is 5.32 Å². The maximum absolute atomic E-state index is 12.4. The summed E-state index contributed by atoms with van der Waals surface area (Å²) in [6.45, 7) is 6.63. The van der Waals surface area contributed by atoms with Gasteiger partial charge in [-0.05, 0) is 31.2 Å². The van der Waals surface area contributed by atoms with Gasteiger partial charge in [0, 0.05) is 0 Å². The smallest absolute Gasteiger partial charge is 0.416 e. The SMILES string of the molecule is C=C(C)CN=C(N)NCCOc1ccc(C(F)(F)F)cc1.I. The molecule has 0 aromatic heterocycles. The molecule has 4 nitrogen and oxygen atoms in total. The van der Waals surface area contributed by atoms with Crippen LogP contribution >= 0.6 is 24.0 Å². The van der Waals surface area contributed by atoms with E-state index in [0.717, 1.165) is 17.7 Å². The number of nitrogens with zero attached hydrogens (tertiary/aromatic N) is 1. The van der Waals surface area contributed by atoms with Crippen LogP contribution in [0.2, 0.25) is 0 Å². The Balaban J connectivity index is 0.00000441. The van der Waals surface area contributed by atoms with Crippen LogP contribution < -0.4 is 15.8 Å². The van der Waals surface area contributed by atoms with Crippen molar-refractivity contribution in [1.29, 1.82) is 0 Å². The minimum atomic E-state index is -4.34. The van der Waals surface area contributed by atoms with Crippen LogP contribution in [0.1, 0.15) is 12.5 Å². The van der Waals surface area contributed by atoms with Gasteiger partial charge in [-0.15, -0.1) is 24.0 Å². The molecule has 3 N–H and O–H groups in total. The number of hydrogen-bond donors (Lipinski definition) is 2. The molecule has 0 fully saturated rings. The van der Waals surface area contributed by atoms with E-state index in [1.807, 2.05) is 6.92 Å². The number of alkyl halides is 3. The van der Waals surface area contributed by atoms with Crippen molar-refractivity contribution in [3.63, 3.8) is 0 Å². The van der Waals surface area contributed by atoms with E-state index in [9.17, 15) is 13.2 Å². The molecule has 0 atom stereocenters. The van der Waals surface area contributed by atoms with E-state index in [2.05, 4.69) is 16.9 Å². The van der Waals surface area contributed by atoms with Crippen molar-refractivity contribution >= 4 is 29.9 Å². The lowest BCUT2D eigenvalue weighted by Gasteiger charge is -2.10. The summed E-state index contributed by atoms with van der Waals surface area (Å²) in [5.41, 5.74) is 5.77. The van der Waals surface area contributed by atoms with Gasteiger partial charge in [-0.25, -0.2) is 4.99 Å². The summed E-state index contributed by atoms with van der Waals surface area (Å²) in [6, 6.07) is 4.51. The van der Waals surface area contributed by atoms with E-state index >= 15 is 0 Å². The summed E-state index contributed by atoms with van der Waals surface area (Å²) in [5, 5.41) is 2.83. The molecule has 0 saturated heterocycles. The van der Waals surface area contributed by atoms with Gasteiger partial charge in [0.25, 0.3) is 0 Å². The van der Waals surface area contributed by atoms with Gasteiger partial charge in [0.1, 0.15) is 12.4 Å². The number of benzene rings is 1. The second-order valence-corrected chi connectivity index (χ2v) is 4.46. The second-order valence-electron chi connectivity index (χ2n) is 4.46. The summed E-state index contributed by atoms with van der Waals surface area (Å²) < 4.78 is 42.4. The van der Waals surface area contributed by atoms with E-state index in [0.29, 0.717) is 18.8 Å². The highest BCUT2D eigenvalue weighted by Gasteiger charge is 2.29. The summed E-state index contributed by atoms with van der Waals surface area (Å²) >= 11 is 0. The average Bonchev–Trinajstić information content (AvgIpc) is 2.41. The molecule has 0 bridgehead atoms. The standard InChI is InChI=1S/C14H18F3N3O.HI/c1-10(2)9-20-13(18)19-7-8-21-12-5-3-11(4-6-12)14(15,16)17;/h3-6H,1,7-9H2,2H3,(H3,18,19,20);1H. The number of rotatable bonds is 6. The van der Waals surface area contributed by atoms with Gasteiger partial charge in [-0.3, -0.25) is 0 Å². The highest BCUT2D eigenvalue weighted by atomic mass is 127. The monoisotopic (exact) mass is 429 g/mol. The predicted molar refractivity (Wildman–Crippen MR) is 91.7 cm³/mol. The fourth-order valence-corrected chi connectivity index (χ4v) is 1.36. The number of nitrogens with two attached hydrogens (primary N) is 1. The predicted octanol–water partition coefficient (Wildman–Crippen LogP) is 3.18. The van der Waals surface area contributed by atoms with Crippen LogP contribution in [0.3, 0.4) is 0 Å². The Morgan fingerprint density at radius 3 is 2.41 bits per heavy atom. The maximum atomic E-state index is 12.4. The molecule has 0 aliphatic rings. The fraction of sp³-hybridized carbons (Fsp3) is 0.357. The molecule has 1 rings (SSSR count). The zero-order valence-electron chi connectivity index (χ0n) is 12.1. The molecular formula is C14H19F3IN3O. The van der Waals surface area contributed by atoms with Crippen LogP contribution in [0.25, 0.3) is 0 Å². The molecule has 8 heteroatoms. The van der Waals surface area contributed by atoms with Crippen molar-refractivity contribution in [3.8, 4) is 5.75 Å². The topological polar surface area (TPSA) is 59.6 Å². The summed E-state index contributed by atoms with van der Waals surface area (Å²) in [7, 11) is 0. The minimum absolute atomic E-state index is 0. The van der Waals surface area contributed by atoms with Crippen molar-refractivity contribution in [2.45, 2.75) is 13.1 Å². The number of hydrogen-bond acceptors (Lipinski definition) is 2. The lowest BCUT2D eigenvalue weighted by Crippen LogP contribution is -2.34. The molecular weight excluding hydrogens is 410 g/mol. The van der Waals surface area contributed by atoms with E-state index in [-0.39, 0.29) is 36.5 Å². The molecule has 0 amide bonds. The first kappa shape index (κ1) is 20.6. The highest BCUT2D eigenvalue weighted by molar-refractivity contribution is 14.0. The van der Waals surface area contributed by atoms with Gasteiger partial charge in [0.15, 0.2) is 5.96 Å². The molecule has 22 heavy (non-hydrogen) atoms. The molecule has 1 aromatic carbocycles. The Morgan fingerprint density at radius 2 is 1.91 bits per heavy atom. The van der Waals surface area contributed by atoms with Crippen LogP contribution in [-0.2, 0) is 6.18 Å². The van der Waals surface area contributed by atoms with Gasteiger partial charge in [0.05, 0.1) is 18.7 Å². The number of guanidine groups is 1. The van der Waals surface area contributed by atoms with Crippen LogP contribution in [-0.4, -0.2) is 25.7 Å². The van der Waals surface area contributed by atoms with E-state index in [1.165, 1.54) is 12.1 Å². The van der Waals surface area contributed by atoms with E-state index in [1.54, 1.807) is 0 Å². The zero-order chi connectivity index (χ0) is 15.9. The average molecular weight is 429 g/mol. The Labute approximate surface area is 144 Å². The van der Waals surface area contributed by atoms with Crippen molar-refractivity contribution < 1.29 is 17.9 Å². The Hall–Kier alpha value is -1.45. The van der Waals surface area contributed by atoms with Crippen LogP contribution in [0, 0.1) is 0 Å². The quantitative estimate of drug-likeness (QED) is 0.240. The van der Waals surface area contributed by atoms with E-state index in [4.69, 9.17) is 10.5 Å². The first-order chi connectivity index (χ1) is 9.79. The highest BCUT2D eigenvalue weighted by Crippen LogP contribution is 2.30. The lowest BCUT2D eigenvalue weighted by atomic mass is 10.2. The minimum Gasteiger partial charge on any atom is -0.492 e. The lowest BCUT2D eigenvalue weighted by molar-refractivity contribution is -0.137. The van der Waals surface area contributed by atoms with Gasteiger partial charge in [0.2, 0.25) is 0 Å². The van der Waals surface area contributed by atoms with Gasteiger partial charge >= 0.3 is 6.18 Å². The van der Waals surface area contributed by atoms with E-state index < -0.39 is 11.7 Å². The Kier molecular flexibility index (Phi) is 8.91. The first-order valence-corrected chi connectivity index (χ1v) is 6.27. The third-order valence-electron chi connectivity index (χ3n) is 2.38. The normalized spacial score (nSPS) is 11.5. The molecule has 0 heterocycles. The van der Waals surface area contributed by atoms with Crippen molar-refractivity contribution in [3.05, 3.63) is 42.0 Å². The molecule has 0 spiro atoms. The number of aliphatic imine (C=N–C) groups is 1. The fourth-order valence-electron chi connectivity index (χ4n) is 1.36. The molecule has 0 unspecified atom stereocenters. The molecule has 0 radical (unpaired) electrons. The number of halogens is 4.